The summed E-state index contributed by atoms with van der Waals surface area (Å²) in [7, 11) is -1.62. The minimum absolute atomic E-state index is 0. The van der Waals surface area contributed by atoms with Gasteiger partial charge in [-0.2, -0.15) is 4.31 Å². The van der Waals surface area contributed by atoms with E-state index in [1.54, 1.807) is 17.4 Å². The number of thiophene rings is 1. The Bertz CT molecular complexity index is 673. The van der Waals surface area contributed by atoms with Crippen molar-refractivity contribution in [3.63, 3.8) is 0 Å². The van der Waals surface area contributed by atoms with E-state index in [2.05, 4.69) is 15.6 Å². The Morgan fingerprint density at radius 1 is 1.26 bits per heavy atom. The molecule has 2 N–H and O–H groups in total. The van der Waals surface area contributed by atoms with Crippen LogP contribution < -0.4 is 10.6 Å². The third kappa shape index (κ3) is 7.84. The van der Waals surface area contributed by atoms with Gasteiger partial charge in [-0.25, -0.2) is 8.42 Å². The third-order valence-corrected chi connectivity index (χ3v) is 7.61. The van der Waals surface area contributed by atoms with Gasteiger partial charge < -0.3 is 15.4 Å². The lowest BCUT2D eigenvalue weighted by molar-refractivity contribution is 0.145. The number of piperidine rings is 1. The van der Waals surface area contributed by atoms with Crippen LogP contribution in [0.3, 0.4) is 0 Å². The highest BCUT2D eigenvalue weighted by molar-refractivity contribution is 14.0. The summed E-state index contributed by atoms with van der Waals surface area (Å²) in [5.41, 5.74) is 0. The Balaban J connectivity index is 0.00000364. The summed E-state index contributed by atoms with van der Waals surface area (Å²) in [6.07, 6.45) is 3.92. The monoisotopic (exact) mass is 530 g/mol. The highest BCUT2D eigenvalue weighted by Crippen LogP contribution is 2.26. The van der Waals surface area contributed by atoms with E-state index in [1.165, 1.54) is 11.3 Å². The van der Waals surface area contributed by atoms with Crippen molar-refractivity contribution >= 4 is 51.3 Å². The molecule has 0 radical (unpaired) electrons. The summed E-state index contributed by atoms with van der Waals surface area (Å²) in [6.45, 7) is 6.02. The first kappa shape index (κ1) is 24.6. The summed E-state index contributed by atoms with van der Waals surface area (Å²) >= 11 is 1.33. The Morgan fingerprint density at radius 3 is 2.67 bits per heavy atom. The lowest BCUT2D eigenvalue weighted by Gasteiger charge is -2.25. The molecule has 1 saturated heterocycles. The van der Waals surface area contributed by atoms with Gasteiger partial charge in [-0.3, -0.25) is 4.99 Å². The second-order valence-electron chi connectivity index (χ2n) is 6.09. The van der Waals surface area contributed by atoms with E-state index >= 15 is 0 Å². The predicted molar refractivity (Wildman–Crippen MR) is 122 cm³/mol. The van der Waals surface area contributed by atoms with Crippen molar-refractivity contribution < 1.29 is 13.2 Å². The fraction of sp³-hybridized carbons (Fsp3) is 0.706. The molecule has 0 saturated carbocycles. The molecule has 0 amide bonds. The van der Waals surface area contributed by atoms with Crippen LogP contribution in [0.1, 0.15) is 37.5 Å². The maximum atomic E-state index is 12.7. The molecular weight excluding hydrogens is 499 g/mol. The molecule has 0 aromatic carbocycles. The van der Waals surface area contributed by atoms with Crippen LogP contribution in [0.15, 0.2) is 21.3 Å². The molecule has 27 heavy (non-hydrogen) atoms. The zero-order valence-electron chi connectivity index (χ0n) is 16.1. The number of nitrogens with zero attached hydrogens (tertiary/aromatic N) is 2. The van der Waals surface area contributed by atoms with Crippen LogP contribution in [0.2, 0.25) is 0 Å². The van der Waals surface area contributed by atoms with Crippen molar-refractivity contribution in [2.24, 2.45) is 4.99 Å². The molecule has 10 heteroatoms. The molecule has 7 nitrogen and oxygen atoms in total. The number of nitrogens with one attached hydrogen (secondary N) is 2. The average molecular weight is 530 g/mol. The second kappa shape index (κ2) is 12.9. The molecule has 0 aliphatic carbocycles. The Labute approximate surface area is 184 Å². The van der Waals surface area contributed by atoms with Gasteiger partial charge in [-0.15, -0.1) is 35.3 Å². The molecule has 1 aromatic rings. The van der Waals surface area contributed by atoms with Crippen molar-refractivity contribution in [1.82, 2.24) is 14.9 Å². The van der Waals surface area contributed by atoms with Crippen LogP contribution in [-0.2, 0) is 21.3 Å². The van der Waals surface area contributed by atoms with E-state index < -0.39 is 10.0 Å². The number of guanidine groups is 1. The molecule has 0 bridgehead atoms. The van der Waals surface area contributed by atoms with E-state index in [0.717, 1.165) is 50.3 Å². The summed E-state index contributed by atoms with van der Waals surface area (Å²) in [6, 6.07) is 3.58. The Morgan fingerprint density at radius 2 is 2.00 bits per heavy atom. The van der Waals surface area contributed by atoms with Crippen molar-refractivity contribution in [3.8, 4) is 0 Å². The van der Waals surface area contributed by atoms with E-state index in [-0.39, 0.29) is 24.0 Å². The van der Waals surface area contributed by atoms with Gasteiger partial charge in [0.1, 0.15) is 4.21 Å². The lowest BCUT2D eigenvalue weighted by atomic mass is 10.2. The van der Waals surface area contributed by atoms with Crippen molar-refractivity contribution in [2.45, 2.75) is 43.4 Å². The normalized spacial score (nSPS) is 16.0. The second-order valence-corrected chi connectivity index (χ2v) is 9.42. The van der Waals surface area contributed by atoms with E-state index in [4.69, 9.17) is 4.74 Å². The van der Waals surface area contributed by atoms with Crippen LogP contribution in [0.25, 0.3) is 0 Å². The van der Waals surface area contributed by atoms with Crippen LogP contribution >= 0.6 is 35.3 Å². The molecule has 1 aromatic heterocycles. The smallest absolute Gasteiger partial charge is 0.252 e. The van der Waals surface area contributed by atoms with Gasteiger partial charge in [0, 0.05) is 44.8 Å². The van der Waals surface area contributed by atoms with Crippen LogP contribution in [-0.4, -0.2) is 58.6 Å². The summed E-state index contributed by atoms with van der Waals surface area (Å²) in [5, 5.41) is 6.45. The molecule has 156 valence electrons. The maximum absolute atomic E-state index is 12.7. The van der Waals surface area contributed by atoms with Crippen LogP contribution in [0.5, 0.6) is 0 Å². The first-order chi connectivity index (χ1) is 12.6. The number of sulfonamides is 1. The Hall–Kier alpha value is -0.430. The third-order valence-electron chi connectivity index (χ3n) is 4.16. The minimum atomic E-state index is -3.34. The molecule has 2 rings (SSSR count). The molecule has 1 fully saturated rings. The zero-order chi connectivity index (χ0) is 18.8. The standard InChI is InChI=1S/C17H30N4O3S2.HI/c1-3-24-13-7-10-19-17(18-2)20-14-15-8-9-16(25-15)26(22,23)21-11-5-4-6-12-21;/h8-9H,3-7,10-14H2,1-2H3,(H2,18,19,20);1H. The van der Waals surface area contributed by atoms with E-state index in [9.17, 15) is 8.42 Å². The molecular formula is C17H31IN4O3S2. The van der Waals surface area contributed by atoms with Gasteiger partial charge in [0.2, 0.25) is 0 Å². The largest absolute Gasteiger partial charge is 0.382 e. The van der Waals surface area contributed by atoms with Crippen LogP contribution in [0, 0.1) is 0 Å². The van der Waals surface area contributed by atoms with Gasteiger partial charge in [-0.1, -0.05) is 6.42 Å². The molecule has 1 aliphatic heterocycles. The molecule has 1 aliphatic rings. The first-order valence-electron chi connectivity index (χ1n) is 9.19. The predicted octanol–water partition coefficient (Wildman–Crippen LogP) is 2.63. The van der Waals surface area contributed by atoms with E-state index in [1.807, 2.05) is 13.0 Å². The topological polar surface area (TPSA) is 83.0 Å². The zero-order valence-corrected chi connectivity index (χ0v) is 20.0. The lowest BCUT2D eigenvalue weighted by Crippen LogP contribution is -2.37. The SMILES string of the molecule is CCOCCCNC(=NC)NCc1ccc(S(=O)(=O)N2CCCCC2)s1.I. The fourth-order valence-corrected chi connectivity index (χ4v) is 5.71. The number of hydrogen-bond donors (Lipinski definition) is 2. The quantitative estimate of drug-likeness (QED) is 0.222. The fourth-order valence-electron chi connectivity index (χ4n) is 2.74. The highest BCUT2D eigenvalue weighted by atomic mass is 127. The summed E-state index contributed by atoms with van der Waals surface area (Å²) in [4.78, 5) is 5.15. The molecule has 0 unspecified atom stereocenters. The first-order valence-corrected chi connectivity index (χ1v) is 11.4. The van der Waals surface area contributed by atoms with Gasteiger partial charge >= 0.3 is 0 Å². The van der Waals surface area contributed by atoms with E-state index in [0.29, 0.717) is 29.8 Å². The summed E-state index contributed by atoms with van der Waals surface area (Å²) in [5.74, 6) is 0.704. The van der Waals surface area contributed by atoms with Gasteiger partial charge in [-0.05, 0) is 38.3 Å². The van der Waals surface area contributed by atoms with Gasteiger partial charge in [0.15, 0.2) is 5.96 Å². The number of rotatable bonds is 9. The van der Waals surface area contributed by atoms with Crippen molar-refractivity contribution in [1.29, 1.82) is 0 Å². The maximum Gasteiger partial charge on any atom is 0.252 e. The van der Waals surface area contributed by atoms with Gasteiger partial charge in [0.25, 0.3) is 10.0 Å². The minimum Gasteiger partial charge on any atom is -0.382 e. The molecule has 0 atom stereocenters. The average Bonchev–Trinajstić information content (AvgIpc) is 3.14. The van der Waals surface area contributed by atoms with Crippen molar-refractivity contribution in [3.05, 3.63) is 17.0 Å². The number of ether oxygens (including phenoxy) is 1. The molecule has 2 heterocycles. The Kier molecular flexibility index (Phi) is 11.8. The number of halogens is 1. The number of aliphatic imine (C=N–C) groups is 1. The summed E-state index contributed by atoms with van der Waals surface area (Å²) < 4.78 is 32.7. The van der Waals surface area contributed by atoms with Gasteiger partial charge in [0.05, 0.1) is 6.54 Å². The van der Waals surface area contributed by atoms with Crippen molar-refractivity contribution in [2.75, 3.05) is 39.9 Å². The molecule has 0 spiro atoms. The van der Waals surface area contributed by atoms with Crippen LogP contribution in [0.4, 0.5) is 0 Å². The number of hydrogen-bond acceptors (Lipinski definition) is 5. The highest BCUT2D eigenvalue weighted by Gasteiger charge is 2.27.